The second-order valence-electron chi connectivity index (χ2n) is 4.95. The molecule has 86 valence electrons. The lowest BCUT2D eigenvalue weighted by atomic mass is 9.70. The van der Waals surface area contributed by atoms with E-state index in [-0.39, 0.29) is 5.41 Å². The van der Waals surface area contributed by atoms with Gasteiger partial charge in [-0.1, -0.05) is 56.3 Å². The maximum absolute atomic E-state index is 2.39. The summed E-state index contributed by atoms with van der Waals surface area (Å²) >= 11 is 0. The molecule has 2 aliphatic carbocycles. The van der Waals surface area contributed by atoms with E-state index in [4.69, 9.17) is 0 Å². The summed E-state index contributed by atoms with van der Waals surface area (Å²) in [5, 5.41) is 0. The molecule has 0 N–H and O–H groups in total. The maximum atomic E-state index is 2.39. The summed E-state index contributed by atoms with van der Waals surface area (Å²) in [5.74, 6) is 0. The number of fused-ring (bicyclic) bond motifs is 3. The van der Waals surface area contributed by atoms with E-state index >= 15 is 0 Å². The van der Waals surface area contributed by atoms with Crippen LogP contribution in [0.1, 0.15) is 37.8 Å². The van der Waals surface area contributed by atoms with Gasteiger partial charge in [-0.25, -0.2) is 0 Å². The Morgan fingerprint density at radius 3 is 2.59 bits per heavy atom. The molecule has 0 radical (unpaired) electrons. The van der Waals surface area contributed by atoms with Crippen molar-refractivity contribution in [3.63, 3.8) is 0 Å². The van der Waals surface area contributed by atoms with E-state index < -0.39 is 0 Å². The van der Waals surface area contributed by atoms with Crippen molar-refractivity contribution in [3.8, 4) is 0 Å². The topological polar surface area (TPSA) is 0 Å². The smallest absolute Gasteiger partial charge is 0.0136 e. The van der Waals surface area contributed by atoms with Crippen LogP contribution in [-0.2, 0) is 0 Å². The van der Waals surface area contributed by atoms with Gasteiger partial charge >= 0.3 is 0 Å². The van der Waals surface area contributed by atoms with Crippen LogP contribution in [0.3, 0.4) is 0 Å². The van der Waals surface area contributed by atoms with E-state index in [1.54, 1.807) is 0 Å². The minimum atomic E-state index is 0.253. The van der Waals surface area contributed by atoms with Crippen LogP contribution in [0.5, 0.6) is 0 Å². The van der Waals surface area contributed by atoms with Crippen LogP contribution in [0.2, 0.25) is 0 Å². The fourth-order valence-corrected chi connectivity index (χ4v) is 3.12. The minimum Gasteiger partial charge on any atom is -0.0739 e. The highest BCUT2D eigenvalue weighted by atomic mass is 14.4. The predicted molar refractivity (Wildman–Crippen MR) is 74.6 cm³/mol. The van der Waals surface area contributed by atoms with Crippen molar-refractivity contribution in [1.82, 2.24) is 0 Å². The summed E-state index contributed by atoms with van der Waals surface area (Å²) < 4.78 is 0. The van der Waals surface area contributed by atoms with Gasteiger partial charge in [0, 0.05) is 5.41 Å². The summed E-state index contributed by atoms with van der Waals surface area (Å²) in [5.41, 5.74) is 5.99. The van der Waals surface area contributed by atoms with E-state index in [0.717, 1.165) is 0 Å². The first-order valence-corrected chi connectivity index (χ1v) is 6.52. The van der Waals surface area contributed by atoms with Gasteiger partial charge in [-0.3, -0.25) is 0 Å². The Kier molecular flexibility index (Phi) is 2.32. The summed E-state index contributed by atoms with van der Waals surface area (Å²) in [6, 6.07) is 8.71. The molecule has 0 heteroatoms. The fourth-order valence-electron chi connectivity index (χ4n) is 3.12. The molecule has 1 aromatic carbocycles. The SMILES string of the molecule is CCC1(CC)C=CC=C2C1=Cc1ccccc12. The summed E-state index contributed by atoms with van der Waals surface area (Å²) in [6.45, 7) is 4.58. The van der Waals surface area contributed by atoms with Crippen molar-refractivity contribution in [2.24, 2.45) is 5.41 Å². The molecule has 0 aliphatic heterocycles. The molecule has 0 bridgehead atoms. The number of benzene rings is 1. The van der Waals surface area contributed by atoms with E-state index in [1.807, 2.05) is 0 Å². The highest BCUT2D eigenvalue weighted by Crippen LogP contribution is 2.51. The van der Waals surface area contributed by atoms with Gasteiger partial charge in [-0.15, -0.1) is 0 Å². The molecule has 0 nitrogen and oxygen atoms in total. The summed E-state index contributed by atoms with van der Waals surface area (Å²) in [7, 11) is 0. The largest absolute Gasteiger partial charge is 0.0739 e. The Morgan fingerprint density at radius 1 is 1.06 bits per heavy atom. The minimum absolute atomic E-state index is 0.253. The molecule has 0 atom stereocenters. The Bertz CT molecular complexity index is 537. The highest BCUT2D eigenvalue weighted by molar-refractivity contribution is 5.97. The number of hydrogen-bond donors (Lipinski definition) is 0. The van der Waals surface area contributed by atoms with Crippen molar-refractivity contribution in [3.05, 3.63) is 59.2 Å². The van der Waals surface area contributed by atoms with Crippen molar-refractivity contribution in [2.75, 3.05) is 0 Å². The van der Waals surface area contributed by atoms with Gasteiger partial charge < -0.3 is 0 Å². The third-order valence-electron chi connectivity index (χ3n) is 4.32. The average molecular weight is 222 g/mol. The van der Waals surface area contributed by atoms with E-state index in [2.05, 4.69) is 62.4 Å². The first-order valence-electron chi connectivity index (χ1n) is 6.52. The fraction of sp³-hybridized carbons (Fsp3) is 0.294. The molecule has 0 spiro atoms. The molecule has 0 amide bonds. The van der Waals surface area contributed by atoms with Gasteiger partial charge in [0.1, 0.15) is 0 Å². The lowest BCUT2D eigenvalue weighted by Crippen LogP contribution is -2.20. The summed E-state index contributed by atoms with van der Waals surface area (Å²) in [6.07, 6.45) is 11.6. The van der Waals surface area contributed by atoms with Gasteiger partial charge in [0.05, 0.1) is 0 Å². The Morgan fingerprint density at radius 2 is 1.82 bits per heavy atom. The Balaban J connectivity index is 2.19. The van der Waals surface area contributed by atoms with Crippen LogP contribution in [0, 0.1) is 5.41 Å². The molecule has 0 fully saturated rings. The first-order chi connectivity index (χ1) is 8.30. The van der Waals surface area contributed by atoms with Crippen LogP contribution in [-0.4, -0.2) is 0 Å². The predicted octanol–water partition coefficient (Wildman–Crippen LogP) is 4.84. The molecule has 0 unspecified atom stereocenters. The molecule has 0 saturated carbocycles. The molecular weight excluding hydrogens is 204 g/mol. The van der Waals surface area contributed by atoms with E-state index in [1.165, 1.54) is 35.1 Å². The van der Waals surface area contributed by atoms with Crippen LogP contribution in [0.25, 0.3) is 11.6 Å². The van der Waals surface area contributed by atoms with Crippen molar-refractivity contribution in [2.45, 2.75) is 26.7 Å². The van der Waals surface area contributed by atoms with Gasteiger partial charge in [0.15, 0.2) is 0 Å². The van der Waals surface area contributed by atoms with Crippen LogP contribution in [0.4, 0.5) is 0 Å². The quantitative estimate of drug-likeness (QED) is 0.671. The lowest BCUT2D eigenvalue weighted by Gasteiger charge is -2.33. The van der Waals surface area contributed by atoms with E-state index in [0.29, 0.717) is 0 Å². The number of hydrogen-bond acceptors (Lipinski definition) is 0. The highest BCUT2D eigenvalue weighted by Gasteiger charge is 2.35. The average Bonchev–Trinajstić information content (AvgIpc) is 2.77. The van der Waals surface area contributed by atoms with E-state index in [9.17, 15) is 0 Å². The van der Waals surface area contributed by atoms with Crippen molar-refractivity contribution in [1.29, 1.82) is 0 Å². The molecule has 2 aliphatic rings. The normalized spacial score (nSPS) is 19.4. The molecule has 0 heterocycles. The van der Waals surface area contributed by atoms with Gasteiger partial charge in [-0.2, -0.15) is 0 Å². The number of allylic oxidation sites excluding steroid dienone is 5. The molecule has 0 saturated heterocycles. The Labute approximate surface area is 103 Å². The zero-order valence-corrected chi connectivity index (χ0v) is 10.5. The van der Waals surface area contributed by atoms with Crippen molar-refractivity contribution >= 4 is 11.6 Å². The standard InChI is InChI=1S/C17H18/c1-3-17(4-2)11-7-10-15-14-9-6-5-8-13(14)12-16(15)17/h5-12H,3-4H2,1-2H3. The monoisotopic (exact) mass is 222 g/mol. The molecule has 1 aromatic rings. The third-order valence-corrected chi connectivity index (χ3v) is 4.32. The second kappa shape index (κ2) is 3.73. The molecule has 17 heavy (non-hydrogen) atoms. The summed E-state index contributed by atoms with van der Waals surface area (Å²) in [4.78, 5) is 0. The second-order valence-corrected chi connectivity index (χ2v) is 4.95. The van der Waals surface area contributed by atoms with Crippen LogP contribution >= 0.6 is 0 Å². The first kappa shape index (κ1) is 10.6. The number of rotatable bonds is 2. The zero-order chi connectivity index (χ0) is 11.9. The van der Waals surface area contributed by atoms with Crippen LogP contribution < -0.4 is 0 Å². The van der Waals surface area contributed by atoms with Crippen LogP contribution in [0.15, 0.2) is 48.1 Å². The zero-order valence-electron chi connectivity index (χ0n) is 10.5. The van der Waals surface area contributed by atoms with Crippen molar-refractivity contribution < 1.29 is 0 Å². The molecule has 3 rings (SSSR count). The Hall–Kier alpha value is -1.56. The maximum Gasteiger partial charge on any atom is 0.0136 e. The molecular formula is C17H18. The third kappa shape index (κ3) is 1.37. The van der Waals surface area contributed by atoms with Gasteiger partial charge in [0.25, 0.3) is 0 Å². The molecule has 0 aromatic heterocycles. The van der Waals surface area contributed by atoms with Gasteiger partial charge in [0.2, 0.25) is 0 Å². The lowest BCUT2D eigenvalue weighted by molar-refractivity contribution is 0.440. The van der Waals surface area contributed by atoms with Gasteiger partial charge in [-0.05, 0) is 41.2 Å².